The molecule has 0 bridgehead atoms. The highest BCUT2D eigenvalue weighted by Gasteiger charge is 2.26. The van der Waals surface area contributed by atoms with Crippen molar-refractivity contribution in [3.05, 3.63) is 0 Å². The summed E-state index contributed by atoms with van der Waals surface area (Å²) in [6, 6.07) is 0. The molecule has 0 radical (unpaired) electrons. The van der Waals surface area contributed by atoms with E-state index in [1.54, 1.807) is 13.8 Å². The molecule has 3 N–H and O–H groups in total. The van der Waals surface area contributed by atoms with Gasteiger partial charge in [0, 0.05) is 5.54 Å². The van der Waals surface area contributed by atoms with E-state index in [9.17, 15) is 8.42 Å². The van der Waals surface area contributed by atoms with Gasteiger partial charge in [0.1, 0.15) is 0 Å². The molecule has 11 heavy (non-hydrogen) atoms. The summed E-state index contributed by atoms with van der Waals surface area (Å²) < 4.78 is 29.4. The van der Waals surface area contributed by atoms with Crippen molar-refractivity contribution in [3.8, 4) is 0 Å². The molecule has 0 amide bonds. The molecule has 0 aromatic carbocycles. The molecule has 0 unspecified atom stereocenters. The van der Waals surface area contributed by atoms with Crippen LogP contribution >= 0.6 is 0 Å². The maximum absolute atomic E-state index is 10.4. The van der Waals surface area contributed by atoms with Crippen LogP contribution in [0.4, 0.5) is 0 Å². The lowest BCUT2D eigenvalue weighted by Crippen LogP contribution is -2.44. The van der Waals surface area contributed by atoms with Gasteiger partial charge in [-0.25, -0.2) is 0 Å². The summed E-state index contributed by atoms with van der Waals surface area (Å²) in [7, 11) is -3.93. The minimum Gasteiger partial charge on any atom is -0.324 e. The molecular weight excluding hydrogens is 166 g/mol. The molecule has 0 fully saturated rings. The lowest BCUT2D eigenvalue weighted by atomic mass is 9.97. The van der Waals surface area contributed by atoms with Crippen molar-refractivity contribution in [2.75, 3.05) is 5.75 Å². The van der Waals surface area contributed by atoms with Gasteiger partial charge in [-0.05, 0) is 12.8 Å². The Morgan fingerprint density at radius 2 is 1.73 bits per heavy atom. The molecule has 0 heterocycles. The molecule has 0 spiro atoms. The number of rotatable bonds is 4. The van der Waals surface area contributed by atoms with Crippen LogP contribution in [0.1, 0.15) is 26.7 Å². The van der Waals surface area contributed by atoms with Crippen molar-refractivity contribution in [3.63, 3.8) is 0 Å². The molecule has 5 heteroatoms. The molecular formula is C6H15NO3S. The first-order valence-electron chi connectivity index (χ1n) is 3.57. The van der Waals surface area contributed by atoms with E-state index in [2.05, 4.69) is 0 Å². The van der Waals surface area contributed by atoms with Gasteiger partial charge in [-0.3, -0.25) is 4.55 Å². The Labute approximate surface area is 67.5 Å². The van der Waals surface area contributed by atoms with Crippen LogP contribution < -0.4 is 5.73 Å². The topological polar surface area (TPSA) is 80.4 Å². The Morgan fingerprint density at radius 1 is 1.36 bits per heavy atom. The van der Waals surface area contributed by atoms with Crippen LogP contribution in [0.5, 0.6) is 0 Å². The standard InChI is InChI=1S/C6H15NO3S/c1-3-6(7,4-2)5-11(8,9)10/h3-5,7H2,1-2H3,(H,8,9,10). The predicted molar refractivity (Wildman–Crippen MR) is 43.9 cm³/mol. The van der Waals surface area contributed by atoms with Crippen LogP contribution in [-0.4, -0.2) is 24.3 Å². The summed E-state index contributed by atoms with van der Waals surface area (Å²) in [6.07, 6.45) is 1.09. The molecule has 0 aromatic heterocycles. The third-order valence-electron chi connectivity index (χ3n) is 1.88. The van der Waals surface area contributed by atoms with E-state index in [1.807, 2.05) is 0 Å². The van der Waals surface area contributed by atoms with E-state index >= 15 is 0 Å². The number of hydrogen-bond acceptors (Lipinski definition) is 3. The van der Waals surface area contributed by atoms with Crippen LogP contribution in [0.15, 0.2) is 0 Å². The average molecular weight is 181 g/mol. The maximum Gasteiger partial charge on any atom is 0.266 e. The van der Waals surface area contributed by atoms with Gasteiger partial charge in [0.15, 0.2) is 0 Å². The van der Waals surface area contributed by atoms with E-state index in [0.29, 0.717) is 12.8 Å². The smallest absolute Gasteiger partial charge is 0.266 e. The van der Waals surface area contributed by atoms with Gasteiger partial charge in [0.2, 0.25) is 0 Å². The SMILES string of the molecule is CCC(N)(CC)CS(=O)(=O)O. The highest BCUT2D eigenvalue weighted by atomic mass is 32.2. The van der Waals surface area contributed by atoms with E-state index in [-0.39, 0.29) is 5.75 Å². The zero-order valence-electron chi connectivity index (χ0n) is 6.87. The summed E-state index contributed by atoms with van der Waals surface area (Å²) >= 11 is 0. The van der Waals surface area contributed by atoms with Crippen LogP contribution in [-0.2, 0) is 10.1 Å². The zero-order valence-corrected chi connectivity index (χ0v) is 7.69. The second-order valence-corrected chi connectivity index (χ2v) is 4.25. The van der Waals surface area contributed by atoms with Gasteiger partial charge >= 0.3 is 0 Å². The molecule has 0 atom stereocenters. The van der Waals surface area contributed by atoms with Gasteiger partial charge in [0.25, 0.3) is 10.1 Å². The normalized spacial score (nSPS) is 13.5. The monoisotopic (exact) mass is 181 g/mol. The third-order valence-corrected chi connectivity index (χ3v) is 2.82. The van der Waals surface area contributed by atoms with Crippen molar-refractivity contribution in [2.45, 2.75) is 32.2 Å². The van der Waals surface area contributed by atoms with Crippen molar-refractivity contribution in [2.24, 2.45) is 5.73 Å². The fourth-order valence-corrected chi connectivity index (χ4v) is 1.95. The number of nitrogens with two attached hydrogens (primary N) is 1. The lowest BCUT2D eigenvalue weighted by molar-refractivity contribution is 0.408. The lowest BCUT2D eigenvalue weighted by Gasteiger charge is -2.24. The van der Waals surface area contributed by atoms with E-state index in [1.165, 1.54) is 0 Å². The van der Waals surface area contributed by atoms with E-state index in [0.717, 1.165) is 0 Å². The average Bonchev–Trinajstić information content (AvgIpc) is 1.84. The summed E-state index contributed by atoms with van der Waals surface area (Å²) in [6.45, 7) is 3.60. The van der Waals surface area contributed by atoms with Gasteiger partial charge in [-0.1, -0.05) is 13.8 Å². The molecule has 0 saturated heterocycles. The van der Waals surface area contributed by atoms with Crippen LogP contribution in [0.25, 0.3) is 0 Å². The Morgan fingerprint density at radius 3 is 1.82 bits per heavy atom. The van der Waals surface area contributed by atoms with Crippen molar-refractivity contribution < 1.29 is 13.0 Å². The molecule has 0 aliphatic carbocycles. The van der Waals surface area contributed by atoms with Gasteiger partial charge < -0.3 is 5.73 Å². The Balaban J connectivity index is 4.32. The van der Waals surface area contributed by atoms with Gasteiger partial charge in [-0.2, -0.15) is 8.42 Å². The summed E-state index contributed by atoms with van der Waals surface area (Å²) in [5.74, 6) is -0.354. The zero-order chi connectivity index (χ0) is 9.12. The van der Waals surface area contributed by atoms with E-state index < -0.39 is 15.7 Å². The molecule has 0 saturated carbocycles. The van der Waals surface area contributed by atoms with Gasteiger partial charge in [0.05, 0.1) is 5.75 Å². The Bertz CT molecular complexity index is 206. The van der Waals surface area contributed by atoms with Crippen LogP contribution in [0.2, 0.25) is 0 Å². The molecule has 0 rings (SSSR count). The van der Waals surface area contributed by atoms with Crippen LogP contribution in [0.3, 0.4) is 0 Å². The quantitative estimate of drug-likeness (QED) is 0.615. The Kier molecular flexibility index (Phi) is 3.47. The van der Waals surface area contributed by atoms with E-state index in [4.69, 9.17) is 10.3 Å². The first-order valence-corrected chi connectivity index (χ1v) is 5.18. The largest absolute Gasteiger partial charge is 0.324 e. The third kappa shape index (κ3) is 4.34. The first-order chi connectivity index (χ1) is 4.83. The fraction of sp³-hybridized carbons (Fsp3) is 1.00. The van der Waals surface area contributed by atoms with Crippen LogP contribution in [0, 0.1) is 0 Å². The first kappa shape index (κ1) is 10.9. The second-order valence-electron chi connectivity index (χ2n) is 2.80. The highest BCUT2D eigenvalue weighted by Crippen LogP contribution is 2.12. The molecule has 0 aromatic rings. The molecule has 0 aliphatic heterocycles. The fourth-order valence-electron chi connectivity index (χ4n) is 0.817. The molecule has 0 aliphatic rings. The Hall–Kier alpha value is -0.130. The molecule has 4 nitrogen and oxygen atoms in total. The van der Waals surface area contributed by atoms with Crippen molar-refractivity contribution in [1.82, 2.24) is 0 Å². The minimum atomic E-state index is -3.93. The molecule has 68 valence electrons. The van der Waals surface area contributed by atoms with Crippen molar-refractivity contribution >= 4 is 10.1 Å². The predicted octanol–water partition coefficient (Wildman–Crippen LogP) is 0.392. The minimum absolute atomic E-state index is 0.354. The van der Waals surface area contributed by atoms with Gasteiger partial charge in [-0.15, -0.1) is 0 Å². The summed E-state index contributed by atoms with van der Waals surface area (Å²) in [5.41, 5.74) is 4.87. The highest BCUT2D eigenvalue weighted by molar-refractivity contribution is 7.85. The summed E-state index contributed by atoms with van der Waals surface area (Å²) in [5, 5.41) is 0. The maximum atomic E-state index is 10.4. The summed E-state index contributed by atoms with van der Waals surface area (Å²) in [4.78, 5) is 0. The second kappa shape index (κ2) is 3.51. The number of hydrogen-bond donors (Lipinski definition) is 2. The van der Waals surface area contributed by atoms with Crippen molar-refractivity contribution in [1.29, 1.82) is 0 Å².